The van der Waals surface area contributed by atoms with Crippen LogP contribution in [-0.2, 0) is 0 Å². The molecule has 0 amide bonds. The van der Waals surface area contributed by atoms with Crippen LogP contribution in [0.15, 0.2) is 52.1 Å². The number of nitrogens with zero attached hydrogens (tertiary/aromatic N) is 3. The van der Waals surface area contributed by atoms with E-state index in [0.29, 0.717) is 5.69 Å². The molecule has 7 heteroatoms. The van der Waals surface area contributed by atoms with Gasteiger partial charge in [0.05, 0.1) is 5.69 Å². The molecule has 3 rings (SSSR count). The molecule has 7 nitrogen and oxygen atoms in total. The summed E-state index contributed by atoms with van der Waals surface area (Å²) in [6, 6.07) is 13.5. The van der Waals surface area contributed by atoms with Gasteiger partial charge in [-0.05, 0) is 33.2 Å². The summed E-state index contributed by atoms with van der Waals surface area (Å²) < 4.78 is 4.48. The van der Waals surface area contributed by atoms with Crippen molar-refractivity contribution in [3.05, 3.63) is 48.2 Å². The van der Waals surface area contributed by atoms with Gasteiger partial charge in [0.1, 0.15) is 0 Å². The summed E-state index contributed by atoms with van der Waals surface area (Å²) >= 11 is 0. The maximum atomic E-state index is 9.15. The van der Waals surface area contributed by atoms with Gasteiger partial charge in [0.15, 0.2) is 17.3 Å². The van der Waals surface area contributed by atoms with Gasteiger partial charge in [-0.15, -0.1) is 0 Å². The van der Waals surface area contributed by atoms with Crippen molar-refractivity contribution in [1.29, 1.82) is 0 Å². The zero-order valence-electron chi connectivity index (χ0n) is 10.3. The molecular weight excluding hydrogens is 258 g/mol. The van der Waals surface area contributed by atoms with Crippen LogP contribution in [0.3, 0.4) is 0 Å². The van der Waals surface area contributed by atoms with E-state index in [4.69, 9.17) is 10.9 Å². The number of fused-ring (bicyclic) bond motifs is 1. The highest BCUT2D eigenvalue weighted by Crippen LogP contribution is 2.21. The van der Waals surface area contributed by atoms with Crippen LogP contribution in [-0.4, -0.2) is 21.4 Å². The number of hydrogen-bond donors (Lipinski definition) is 3. The third-order valence-corrected chi connectivity index (χ3v) is 2.82. The van der Waals surface area contributed by atoms with Gasteiger partial charge in [0, 0.05) is 0 Å². The van der Waals surface area contributed by atoms with Crippen LogP contribution >= 0.6 is 0 Å². The molecule has 0 saturated carbocycles. The number of nitrogen functional groups attached to an aromatic ring is 1. The topological polar surface area (TPSA) is 110 Å². The summed E-state index contributed by atoms with van der Waals surface area (Å²) in [5, 5.41) is 18.3. The summed E-state index contributed by atoms with van der Waals surface area (Å²) in [5.74, 6) is 0.116. The number of rotatable bonds is 2. The maximum absolute atomic E-state index is 9.15. The highest BCUT2D eigenvalue weighted by molar-refractivity contribution is 6.01. The average molecular weight is 269 g/mol. The third-order valence-electron chi connectivity index (χ3n) is 2.82. The quantitative estimate of drug-likeness (QED) is 0.372. The van der Waals surface area contributed by atoms with Crippen LogP contribution in [0.5, 0.6) is 0 Å². The van der Waals surface area contributed by atoms with Crippen molar-refractivity contribution in [3.63, 3.8) is 0 Å². The van der Waals surface area contributed by atoms with Crippen molar-refractivity contribution in [2.24, 2.45) is 4.99 Å². The fourth-order valence-electron chi connectivity index (χ4n) is 1.87. The monoisotopic (exact) mass is 269 g/mol. The Morgan fingerprint density at radius 3 is 2.65 bits per heavy atom. The first-order chi connectivity index (χ1) is 9.78. The SMILES string of the molecule is Nc1nonc1C(=Nc1ccc2ccccc2c1)NO. The minimum Gasteiger partial charge on any atom is -0.379 e. The number of hydrogen-bond acceptors (Lipinski definition) is 6. The number of hydroxylamine groups is 1. The second-order valence-electron chi connectivity index (χ2n) is 4.10. The largest absolute Gasteiger partial charge is 0.379 e. The van der Waals surface area contributed by atoms with E-state index in [2.05, 4.69) is 19.9 Å². The van der Waals surface area contributed by atoms with Gasteiger partial charge in [0.2, 0.25) is 0 Å². The van der Waals surface area contributed by atoms with Crippen molar-refractivity contribution in [2.75, 3.05) is 5.73 Å². The fraction of sp³-hybridized carbons (Fsp3) is 0. The molecule has 1 heterocycles. The second-order valence-corrected chi connectivity index (χ2v) is 4.10. The van der Waals surface area contributed by atoms with Crippen LogP contribution in [0.2, 0.25) is 0 Å². The first kappa shape index (κ1) is 12.1. The van der Waals surface area contributed by atoms with Gasteiger partial charge in [-0.2, -0.15) is 0 Å². The number of benzene rings is 2. The van der Waals surface area contributed by atoms with Gasteiger partial charge < -0.3 is 5.73 Å². The predicted molar refractivity (Wildman–Crippen MR) is 73.8 cm³/mol. The Bertz CT molecular complexity index is 781. The number of amidine groups is 1. The van der Waals surface area contributed by atoms with Crippen LogP contribution in [0.25, 0.3) is 10.8 Å². The lowest BCUT2D eigenvalue weighted by Gasteiger charge is -2.02. The highest BCUT2D eigenvalue weighted by Gasteiger charge is 2.13. The van der Waals surface area contributed by atoms with E-state index in [1.54, 1.807) is 0 Å². The molecule has 3 aromatic rings. The van der Waals surface area contributed by atoms with E-state index >= 15 is 0 Å². The number of aromatic nitrogens is 2. The van der Waals surface area contributed by atoms with E-state index in [1.165, 1.54) is 0 Å². The van der Waals surface area contributed by atoms with Crippen molar-refractivity contribution in [2.45, 2.75) is 0 Å². The summed E-state index contributed by atoms with van der Waals surface area (Å²) in [6.45, 7) is 0. The van der Waals surface area contributed by atoms with Crippen LogP contribution < -0.4 is 11.2 Å². The smallest absolute Gasteiger partial charge is 0.199 e. The van der Waals surface area contributed by atoms with E-state index in [9.17, 15) is 0 Å². The second kappa shape index (κ2) is 4.98. The Morgan fingerprint density at radius 2 is 1.95 bits per heavy atom. The summed E-state index contributed by atoms with van der Waals surface area (Å²) in [7, 11) is 0. The fourth-order valence-corrected chi connectivity index (χ4v) is 1.87. The van der Waals surface area contributed by atoms with Gasteiger partial charge in [-0.25, -0.2) is 9.62 Å². The molecule has 0 aliphatic rings. The predicted octanol–water partition coefficient (Wildman–Crippen LogP) is 1.86. The highest BCUT2D eigenvalue weighted by atomic mass is 16.6. The van der Waals surface area contributed by atoms with Crippen LogP contribution in [0.4, 0.5) is 11.5 Å². The molecule has 0 unspecified atom stereocenters. The molecule has 0 atom stereocenters. The van der Waals surface area contributed by atoms with E-state index in [-0.39, 0.29) is 17.3 Å². The van der Waals surface area contributed by atoms with Crippen molar-refractivity contribution in [3.8, 4) is 0 Å². The zero-order valence-corrected chi connectivity index (χ0v) is 10.3. The van der Waals surface area contributed by atoms with E-state index in [1.807, 2.05) is 47.9 Å². The Hall–Kier alpha value is -2.93. The Morgan fingerprint density at radius 1 is 1.15 bits per heavy atom. The van der Waals surface area contributed by atoms with Gasteiger partial charge in [-0.3, -0.25) is 10.7 Å². The molecule has 0 spiro atoms. The molecule has 0 bridgehead atoms. The minimum atomic E-state index is 0.0473. The normalized spacial score (nSPS) is 11.8. The third kappa shape index (κ3) is 2.17. The van der Waals surface area contributed by atoms with Crippen molar-refractivity contribution >= 4 is 28.1 Å². The number of nitrogens with two attached hydrogens (primary N) is 1. The molecule has 1 aromatic heterocycles. The van der Waals surface area contributed by atoms with Crippen molar-refractivity contribution < 1.29 is 9.84 Å². The summed E-state index contributed by atoms with van der Waals surface area (Å²) in [5.41, 5.74) is 8.31. The van der Waals surface area contributed by atoms with E-state index < -0.39 is 0 Å². The molecular formula is C13H11N5O2. The average Bonchev–Trinajstić information content (AvgIpc) is 2.91. The molecule has 100 valence electrons. The first-order valence-electron chi connectivity index (χ1n) is 5.84. The number of anilines is 1. The minimum absolute atomic E-state index is 0.0473. The molecule has 0 fully saturated rings. The molecule has 0 aliphatic heterocycles. The lowest BCUT2D eigenvalue weighted by Crippen LogP contribution is -2.21. The lowest BCUT2D eigenvalue weighted by molar-refractivity contribution is 0.234. The Labute approximate surface area is 113 Å². The van der Waals surface area contributed by atoms with Crippen LogP contribution in [0.1, 0.15) is 5.69 Å². The van der Waals surface area contributed by atoms with Gasteiger partial charge in [-0.1, -0.05) is 30.3 Å². The Kier molecular flexibility index (Phi) is 3.02. The maximum Gasteiger partial charge on any atom is 0.199 e. The molecule has 0 aliphatic carbocycles. The molecule has 0 radical (unpaired) electrons. The van der Waals surface area contributed by atoms with Crippen LogP contribution in [0, 0.1) is 0 Å². The zero-order chi connectivity index (χ0) is 13.9. The van der Waals surface area contributed by atoms with Crippen molar-refractivity contribution in [1.82, 2.24) is 15.8 Å². The molecule has 0 saturated heterocycles. The summed E-state index contributed by atoms with van der Waals surface area (Å²) in [4.78, 5) is 4.24. The van der Waals surface area contributed by atoms with Gasteiger partial charge >= 0.3 is 0 Å². The lowest BCUT2D eigenvalue weighted by atomic mass is 10.1. The first-order valence-corrected chi connectivity index (χ1v) is 5.84. The molecule has 2 aromatic carbocycles. The Balaban J connectivity index is 2.05. The number of nitrogens with one attached hydrogen (secondary N) is 1. The number of aliphatic imine (C=N–C) groups is 1. The summed E-state index contributed by atoms with van der Waals surface area (Å²) in [6.07, 6.45) is 0. The standard InChI is InChI=1S/C13H11N5O2/c14-12-11(17-20-18-12)13(16-19)15-10-6-5-8-3-1-2-4-9(8)7-10/h1-7,19H,(H2,14,18)(H,15,16). The van der Waals surface area contributed by atoms with Gasteiger partial charge in [0.25, 0.3) is 0 Å². The van der Waals surface area contributed by atoms with E-state index in [0.717, 1.165) is 10.8 Å². The molecule has 4 N–H and O–H groups in total. The molecule has 20 heavy (non-hydrogen) atoms.